The van der Waals surface area contributed by atoms with E-state index in [0.717, 1.165) is 5.56 Å². The van der Waals surface area contributed by atoms with E-state index in [-0.39, 0.29) is 23.7 Å². The molecule has 2 N–H and O–H groups in total. The van der Waals surface area contributed by atoms with Crippen LogP contribution in [0.3, 0.4) is 0 Å². The molecule has 1 aromatic carbocycles. The molecule has 1 aliphatic rings. The molecule has 0 saturated carbocycles. The van der Waals surface area contributed by atoms with Gasteiger partial charge in [0, 0.05) is 44.5 Å². The summed E-state index contributed by atoms with van der Waals surface area (Å²) in [6.07, 6.45) is 1.23. The third kappa shape index (κ3) is 4.42. The molecule has 2 aromatic rings. The van der Waals surface area contributed by atoms with Gasteiger partial charge in [0.15, 0.2) is 0 Å². The lowest BCUT2D eigenvalue weighted by molar-refractivity contribution is -0.132. The maximum Gasteiger partial charge on any atom is 0.325 e. The second kappa shape index (κ2) is 7.43. The fraction of sp³-hybridized carbons (Fsp3) is 0.353. The molecule has 1 fully saturated rings. The number of carbonyl (C=O) groups excluding carboxylic acids is 1. The number of hydrogen-bond donors (Lipinski definition) is 2. The number of aromatic amines is 2. The van der Waals surface area contributed by atoms with Crippen molar-refractivity contribution in [1.29, 1.82) is 0 Å². The lowest BCUT2D eigenvalue weighted by Crippen LogP contribution is -2.49. The highest BCUT2D eigenvalue weighted by Gasteiger charge is 2.22. The van der Waals surface area contributed by atoms with Crippen molar-refractivity contribution in [2.75, 3.05) is 26.2 Å². The number of benzene rings is 1. The Kier molecular flexibility index (Phi) is 5.08. The summed E-state index contributed by atoms with van der Waals surface area (Å²) < 4.78 is 13.2. The van der Waals surface area contributed by atoms with Gasteiger partial charge < -0.3 is 9.88 Å². The lowest BCUT2D eigenvalue weighted by atomic mass is 10.1. The van der Waals surface area contributed by atoms with Crippen molar-refractivity contribution >= 4 is 5.91 Å². The Hall–Kier alpha value is -2.74. The third-order valence-electron chi connectivity index (χ3n) is 4.26. The maximum atomic E-state index is 13.2. The number of amides is 1. The molecule has 1 aliphatic heterocycles. The molecule has 7 nitrogen and oxygen atoms in total. The van der Waals surface area contributed by atoms with Crippen LogP contribution in [0.2, 0.25) is 0 Å². The standard InChI is InChI=1S/C17H19FN4O3/c18-14-3-1-2-12(8-14)11-21-4-6-22(7-5-21)15(23)9-13-10-19-17(25)20-16(13)24/h1-3,8,10H,4-7,9,11H2,(H2,19,20,24,25). The predicted octanol–water partition coefficient (Wildman–Crippen LogP) is 0.0892. The topological polar surface area (TPSA) is 89.3 Å². The Balaban J connectivity index is 1.54. The lowest BCUT2D eigenvalue weighted by Gasteiger charge is -2.34. The zero-order valence-corrected chi connectivity index (χ0v) is 13.6. The highest BCUT2D eigenvalue weighted by atomic mass is 19.1. The molecule has 0 unspecified atom stereocenters. The summed E-state index contributed by atoms with van der Waals surface area (Å²) in [6.45, 7) is 3.11. The minimum atomic E-state index is -0.591. The van der Waals surface area contributed by atoms with Crippen LogP contribution in [0.25, 0.3) is 0 Å². The number of aromatic nitrogens is 2. The summed E-state index contributed by atoms with van der Waals surface area (Å²) in [7, 11) is 0. The zero-order chi connectivity index (χ0) is 17.8. The summed E-state index contributed by atoms with van der Waals surface area (Å²) in [5.74, 6) is -0.402. The van der Waals surface area contributed by atoms with Crippen molar-refractivity contribution in [3.63, 3.8) is 0 Å². The van der Waals surface area contributed by atoms with Crippen molar-refractivity contribution in [3.05, 3.63) is 68.2 Å². The molecule has 0 radical (unpaired) electrons. The molecule has 0 atom stereocenters. The van der Waals surface area contributed by atoms with E-state index in [1.807, 2.05) is 6.07 Å². The van der Waals surface area contributed by atoms with Gasteiger partial charge in [-0.25, -0.2) is 9.18 Å². The van der Waals surface area contributed by atoms with E-state index < -0.39 is 11.2 Å². The number of hydrogen-bond acceptors (Lipinski definition) is 4. The number of H-pyrrole nitrogens is 2. The molecule has 1 aromatic heterocycles. The maximum absolute atomic E-state index is 13.2. The van der Waals surface area contributed by atoms with E-state index in [1.165, 1.54) is 18.3 Å². The van der Waals surface area contributed by atoms with Gasteiger partial charge in [-0.1, -0.05) is 12.1 Å². The summed E-state index contributed by atoms with van der Waals surface area (Å²) in [6, 6.07) is 6.49. The summed E-state index contributed by atoms with van der Waals surface area (Å²) in [5, 5.41) is 0. The van der Waals surface area contributed by atoms with Crippen LogP contribution in [0.4, 0.5) is 4.39 Å². The first kappa shape index (κ1) is 17.1. The fourth-order valence-electron chi connectivity index (χ4n) is 2.89. The largest absolute Gasteiger partial charge is 0.340 e. The first-order chi connectivity index (χ1) is 12.0. The molecule has 8 heteroatoms. The number of carbonyl (C=O) groups is 1. The summed E-state index contributed by atoms with van der Waals surface area (Å²) >= 11 is 0. The van der Waals surface area contributed by atoms with Crippen LogP contribution in [0, 0.1) is 5.82 Å². The summed E-state index contributed by atoms with van der Waals surface area (Å²) in [5.41, 5.74) is 0.0142. The first-order valence-electron chi connectivity index (χ1n) is 8.07. The molecular weight excluding hydrogens is 327 g/mol. The van der Waals surface area contributed by atoms with E-state index in [9.17, 15) is 18.8 Å². The van der Waals surface area contributed by atoms with Crippen LogP contribution >= 0.6 is 0 Å². The smallest absolute Gasteiger partial charge is 0.325 e. The number of piperazine rings is 1. The van der Waals surface area contributed by atoms with Crippen molar-refractivity contribution in [1.82, 2.24) is 19.8 Å². The van der Waals surface area contributed by atoms with Gasteiger partial charge in [0.05, 0.1) is 6.42 Å². The Morgan fingerprint density at radius 1 is 1.16 bits per heavy atom. The van der Waals surface area contributed by atoms with Crippen LogP contribution in [-0.4, -0.2) is 51.9 Å². The number of nitrogens with one attached hydrogen (secondary N) is 2. The van der Waals surface area contributed by atoms with Crippen LogP contribution in [0.15, 0.2) is 40.1 Å². The number of rotatable bonds is 4. The van der Waals surface area contributed by atoms with Crippen molar-refractivity contribution in [2.24, 2.45) is 0 Å². The van der Waals surface area contributed by atoms with Crippen molar-refractivity contribution < 1.29 is 9.18 Å². The quantitative estimate of drug-likeness (QED) is 0.821. The molecule has 132 valence electrons. The second-order valence-corrected chi connectivity index (χ2v) is 6.06. The van der Waals surface area contributed by atoms with E-state index in [0.29, 0.717) is 32.7 Å². The van der Waals surface area contributed by atoms with E-state index in [4.69, 9.17) is 0 Å². The molecule has 0 aliphatic carbocycles. The second-order valence-electron chi connectivity index (χ2n) is 6.06. The van der Waals surface area contributed by atoms with Gasteiger partial charge in [0.2, 0.25) is 5.91 Å². The Labute approximate surface area is 143 Å². The molecule has 1 amide bonds. The highest BCUT2D eigenvalue weighted by molar-refractivity contribution is 5.78. The van der Waals surface area contributed by atoms with E-state index >= 15 is 0 Å². The van der Waals surface area contributed by atoms with Crippen LogP contribution < -0.4 is 11.2 Å². The first-order valence-corrected chi connectivity index (χ1v) is 8.07. The monoisotopic (exact) mass is 346 g/mol. The van der Waals surface area contributed by atoms with Gasteiger partial charge in [-0.05, 0) is 17.7 Å². The molecule has 3 rings (SSSR count). The molecule has 25 heavy (non-hydrogen) atoms. The van der Waals surface area contributed by atoms with Gasteiger partial charge in [-0.15, -0.1) is 0 Å². The van der Waals surface area contributed by atoms with Gasteiger partial charge in [-0.2, -0.15) is 0 Å². The number of halogens is 1. The molecule has 0 spiro atoms. The van der Waals surface area contributed by atoms with Crippen molar-refractivity contribution in [3.8, 4) is 0 Å². The fourth-order valence-corrected chi connectivity index (χ4v) is 2.89. The summed E-state index contributed by atoms with van der Waals surface area (Å²) in [4.78, 5) is 43.3. The van der Waals surface area contributed by atoms with Crippen LogP contribution in [0.1, 0.15) is 11.1 Å². The Morgan fingerprint density at radius 2 is 1.92 bits per heavy atom. The average molecular weight is 346 g/mol. The van der Waals surface area contributed by atoms with E-state index in [2.05, 4.69) is 14.9 Å². The third-order valence-corrected chi connectivity index (χ3v) is 4.26. The highest BCUT2D eigenvalue weighted by Crippen LogP contribution is 2.10. The van der Waals surface area contributed by atoms with Crippen molar-refractivity contribution in [2.45, 2.75) is 13.0 Å². The molecular formula is C17H19FN4O3. The average Bonchev–Trinajstić information content (AvgIpc) is 2.58. The minimum Gasteiger partial charge on any atom is -0.340 e. The molecule has 2 heterocycles. The van der Waals surface area contributed by atoms with Crippen LogP contribution in [-0.2, 0) is 17.8 Å². The van der Waals surface area contributed by atoms with Gasteiger partial charge in [0.1, 0.15) is 5.82 Å². The molecule has 1 saturated heterocycles. The predicted molar refractivity (Wildman–Crippen MR) is 89.6 cm³/mol. The van der Waals surface area contributed by atoms with Gasteiger partial charge >= 0.3 is 5.69 Å². The Bertz CT molecular complexity index is 868. The van der Waals surface area contributed by atoms with Crippen LogP contribution in [0.5, 0.6) is 0 Å². The van der Waals surface area contributed by atoms with E-state index in [1.54, 1.807) is 11.0 Å². The Morgan fingerprint density at radius 3 is 2.60 bits per heavy atom. The zero-order valence-electron chi connectivity index (χ0n) is 13.6. The normalized spacial score (nSPS) is 15.3. The van der Waals surface area contributed by atoms with Gasteiger partial charge in [0.25, 0.3) is 5.56 Å². The van der Waals surface area contributed by atoms with Gasteiger partial charge in [-0.3, -0.25) is 19.5 Å². The number of nitrogens with zero attached hydrogens (tertiary/aromatic N) is 2. The molecule has 0 bridgehead atoms. The minimum absolute atomic E-state index is 0.0456. The SMILES string of the molecule is O=C(Cc1c[nH]c(=O)[nH]c1=O)N1CCN(Cc2cccc(F)c2)CC1.